The molecule has 0 saturated carbocycles. The van der Waals surface area contributed by atoms with Gasteiger partial charge in [-0.2, -0.15) is 4.31 Å². The van der Waals surface area contributed by atoms with Gasteiger partial charge >= 0.3 is 5.97 Å². The summed E-state index contributed by atoms with van der Waals surface area (Å²) < 4.78 is 30.8. The quantitative estimate of drug-likeness (QED) is 0.0546. The van der Waals surface area contributed by atoms with Crippen LogP contribution < -0.4 is 0 Å². The van der Waals surface area contributed by atoms with E-state index in [4.69, 9.17) is 0 Å². The van der Waals surface area contributed by atoms with Gasteiger partial charge in [0.25, 0.3) is 0 Å². The number of carboxylic acid groups (broad SMARTS) is 1. The van der Waals surface area contributed by atoms with Crippen molar-refractivity contribution in [3.63, 3.8) is 0 Å². The van der Waals surface area contributed by atoms with Gasteiger partial charge in [0.15, 0.2) is 0 Å². The van der Waals surface area contributed by atoms with Crippen molar-refractivity contribution in [1.29, 1.82) is 0 Å². The maximum absolute atomic E-state index is 14.1. The van der Waals surface area contributed by atoms with Crippen LogP contribution in [0.1, 0.15) is 210 Å². The van der Waals surface area contributed by atoms with Crippen molar-refractivity contribution < 1.29 is 18.3 Å². The standard InChI is InChI=1S/C46H76BrNO4S2/c1-3-5-7-9-11-13-15-17-19-21-23-25-27-29-36-48(37-30-28-26-24-22-20-18-16-14-12-10-8-6-4-2)54(51,52)43-34-35-45(44(39-43)46(49)50)53-40-41-32-31-33-42(47)38-41/h31-35,38-39H,3-30,36-37,40H2,1-2H3,(H,49,50). The first kappa shape index (κ1) is 48.8. The van der Waals surface area contributed by atoms with Crippen LogP contribution in [0.5, 0.6) is 0 Å². The number of rotatable bonds is 36. The van der Waals surface area contributed by atoms with Gasteiger partial charge in [0, 0.05) is 28.2 Å². The molecule has 1 N–H and O–H groups in total. The third-order valence-electron chi connectivity index (χ3n) is 10.6. The van der Waals surface area contributed by atoms with Crippen LogP contribution in [0.15, 0.2) is 56.7 Å². The molecule has 8 heteroatoms. The summed E-state index contributed by atoms with van der Waals surface area (Å²) in [6.45, 7) is 5.51. The summed E-state index contributed by atoms with van der Waals surface area (Å²) in [5.74, 6) is -0.509. The number of carbonyl (C=O) groups is 1. The third-order valence-corrected chi connectivity index (χ3v) is 14.2. The molecule has 0 aliphatic heterocycles. The number of thioether (sulfide) groups is 1. The maximum Gasteiger partial charge on any atom is 0.336 e. The fourth-order valence-electron chi connectivity index (χ4n) is 7.22. The van der Waals surface area contributed by atoms with Crippen molar-refractivity contribution in [2.45, 2.75) is 209 Å². The maximum atomic E-state index is 14.1. The first-order valence-electron chi connectivity index (χ1n) is 22.0. The number of hydrogen-bond donors (Lipinski definition) is 1. The third kappa shape index (κ3) is 22.4. The predicted octanol–water partition coefficient (Wildman–Crippen LogP) is 15.4. The Kier molecular flexibility index (Phi) is 28.6. The zero-order valence-corrected chi connectivity index (χ0v) is 37.5. The van der Waals surface area contributed by atoms with E-state index >= 15 is 0 Å². The highest BCUT2D eigenvalue weighted by atomic mass is 79.9. The van der Waals surface area contributed by atoms with Crippen LogP contribution in [0.25, 0.3) is 0 Å². The first-order valence-corrected chi connectivity index (χ1v) is 25.3. The van der Waals surface area contributed by atoms with E-state index in [9.17, 15) is 18.3 Å². The number of aromatic carboxylic acids is 1. The summed E-state index contributed by atoms with van der Waals surface area (Å²) in [4.78, 5) is 13.0. The van der Waals surface area contributed by atoms with Crippen molar-refractivity contribution >= 4 is 43.7 Å². The molecule has 0 fully saturated rings. The minimum absolute atomic E-state index is 0.0454. The molecule has 0 atom stereocenters. The van der Waals surface area contributed by atoms with Crippen molar-refractivity contribution in [3.8, 4) is 0 Å². The van der Waals surface area contributed by atoms with Gasteiger partial charge in [0.1, 0.15) is 0 Å². The van der Waals surface area contributed by atoms with Crippen LogP contribution in [0.4, 0.5) is 0 Å². The zero-order chi connectivity index (χ0) is 39.1. The fraction of sp³-hybridized carbons (Fsp3) is 0.717. The van der Waals surface area contributed by atoms with Crippen LogP contribution in [0, 0.1) is 0 Å². The smallest absolute Gasteiger partial charge is 0.336 e. The predicted molar refractivity (Wildman–Crippen MR) is 236 cm³/mol. The van der Waals surface area contributed by atoms with Gasteiger partial charge in [-0.1, -0.05) is 209 Å². The summed E-state index contributed by atoms with van der Waals surface area (Å²) in [5, 5.41) is 10.1. The van der Waals surface area contributed by atoms with E-state index in [1.54, 1.807) is 16.4 Å². The Hall–Kier alpha value is -1.35. The molecular weight excluding hydrogens is 775 g/mol. The molecule has 54 heavy (non-hydrogen) atoms. The van der Waals surface area contributed by atoms with Crippen LogP contribution in [0.2, 0.25) is 0 Å². The molecule has 0 aromatic heterocycles. The van der Waals surface area contributed by atoms with E-state index in [2.05, 4.69) is 29.8 Å². The molecule has 0 spiro atoms. The molecular formula is C46H76BrNO4S2. The molecule has 2 rings (SSSR count). The van der Waals surface area contributed by atoms with Gasteiger partial charge in [0.2, 0.25) is 10.0 Å². The summed E-state index contributed by atoms with van der Waals surface area (Å²) >= 11 is 4.92. The average Bonchev–Trinajstić information content (AvgIpc) is 3.16. The van der Waals surface area contributed by atoms with Gasteiger partial charge in [-0.25, -0.2) is 13.2 Å². The number of benzene rings is 2. The minimum Gasteiger partial charge on any atom is -0.478 e. The lowest BCUT2D eigenvalue weighted by Crippen LogP contribution is -2.33. The highest BCUT2D eigenvalue weighted by Crippen LogP contribution is 2.31. The number of halogens is 1. The minimum atomic E-state index is -3.83. The Morgan fingerprint density at radius 2 is 1.00 bits per heavy atom. The molecule has 0 aliphatic rings. The summed E-state index contributed by atoms with van der Waals surface area (Å²) in [6, 6.07) is 12.6. The first-order chi connectivity index (χ1) is 26.3. The van der Waals surface area contributed by atoms with Gasteiger partial charge in [-0.15, -0.1) is 11.8 Å². The van der Waals surface area contributed by atoms with Crippen LogP contribution in [-0.4, -0.2) is 36.9 Å². The molecule has 0 bridgehead atoms. The van der Waals surface area contributed by atoms with Gasteiger partial charge in [-0.05, 0) is 48.7 Å². The molecule has 2 aromatic rings. The van der Waals surface area contributed by atoms with E-state index in [1.165, 1.54) is 159 Å². The van der Waals surface area contributed by atoms with E-state index in [0.717, 1.165) is 48.6 Å². The second kappa shape index (κ2) is 31.7. The van der Waals surface area contributed by atoms with Crippen molar-refractivity contribution in [2.24, 2.45) is 0 Å². The number of carboxylic acids is 1. The normalized spacial score (nSPS) is 11.9. The molecule has 0 heterocycles. The number of sulfonamides is 1. The van der Waals surface area contributed by atoms with Gasteiger partial charge in [-0.3, -0.25) is 0 Å². The second-order valence-electron chi connectivity index (χ2n) is 15.5. The molecule has 2 aromatic carbocycles. The second-order valence-corrected chi connectivity index (χ2v) is 19.3. The molecule has 5 nitrogen and oxygen atoms in total. The largest absolute Gasteiger partial charge is 0.478 e. The molecule has 0 amide bonds. The molecule has 308 valence electrons. The SMILES string of the molecule is CCCCCCCCCCCCCCCCN(CCCCCCCCCCCCCCCC)S(=O)(=O)c1ccc(SCc2cccc(Br)c2)c(C(=O)O)c1. The summed E-state index contributed by atoms with van der Waals surface area (Å²) in [6.07, 6.45) is 35.3. The zero-order valence-electron chi connectivity index (χ0n) is 34.3. The Morgan fingerprint density at radius 3 is 1.39 bits per heavy atom. The van der Waals surface area contributed by atoms with Crippen LogP contribution in [0.3, 0.4) is 0 Å². The molecule has 0 radical (unpaired) electrons. The van der Waals surface area contributed by atoms with Gasteiger partial charge < -0.3 is 5.11 Å². The van der Waals surface area contributed by atoms with Crippen LogP contribution in [-0.2, 0) is 15.8 Å². The van der Waals surface area contributed by atoms with E-state index < -0.39 is 16.0 Å². The van der Waals surface area contributed by atoms with E-state index in [0.29, 0.717) is 23.7 Å². The Bertz CT molecular complexity index is 1320. The fourth-order valence-corrected chi connectivity index (χ4v) is 10.2. The summed E-state index contributed by atoms with van der Waals surface area (Å²) in [7, 11) is -3.83. The van der Waals surface area contributed by atoms with Crippen molar-refractivity contribution in [2.75, 3.05) is 13.1 Å². The lowest BCUT2D eigenvalue weighted by Gasteiger charge is -2.23. The average molecular weight is 851 g/mol. The highest BCUT2D eigenvalue weighted by Gasteiger charge is 2.26. The topological polar surface area (TPSA) is 74.7 Å². The Morgan fingerprint density at radius 1 is 0.593 bits per heavy atom. The van der Waals surface area contributed by atoms with E-state index in [-0.39, 0.29) is 10.5 Å². The number of unbranched alkanes of at least 4 members (excludes halogenated alkanes) is 26. The molecule has 0 saturated heterocycles. The monoisotopic (exact) mass is 849 g/mol. The lowest BCUT2D eigenvalue weighted by molar-refractivity contribution is 0.0692. The van der Waals surface area contributed by atoms with Crippen LogP contribution >= 0.6 is 27.7 Å². The molecule has 0 aliphatic carbocycles. The summed E-state index contributed by atoms with van der Waals surface area (Å²) in [5.41, 5.74) is 1.11. The number of nitrogens with zero attached hydrogens (tertiary/aromatic N) is 1. The van der Waals surface area contributed by atoms with Crippen molar-refractivity contribution in [1.82, 2.24) is 4.31 Å². The van der Waals surface area contributed by atoms with E-state index in [1.807, 2.05) is 24.3 Å². The van der Waals surface area contributed by atoms with Crippen molar-refractivity contribution in [3.05, 3.63) is 58.1 Å². The Balaban J connectivity index is 1.87. The van der Waals surface area contributed by atoms with Gasteiger partial charge in [0.05, 0.1) is 10.5 Å². The molecule has 0 unspecified atom stereocenters. The highest BCUT2D eigenvalue weighted by molar-refractivity contribution is 9.10. The number of hydrogen-bond acceptors (Lipinski definition) is 4. The Labute approximate surface area is 344 Å². The lowest BCUT2D eigenvalue weighted by atomic mass is 10.0.